The van der Waals surface area contributed by atoms with Crippen molar-refractivity contribution >= 4 is 17.9 Å². The molecule has 0 heterocycles. The predicted molar refractivity (Wildman–Crippen MR) is 103 cm³/mol. The van der Waals surface area contributed by atoms with Crippen molar-refractivity contribution in [3.8, 4) is 0 Å². The van der Waals surface area contributed by atoms with Gasteiger partial charge in [0.1, 0.15) is 13.1 Å². The second-order valence-corrected chi connectivity index (χ2v) is 10.7. The van der Waals surface area contributed by atoms with E-state index >= 15 is 0 Å². The standard InChI is InChI=1S/C18H31O5PS/c1-4-23-25(20,21)16-22-18(2,3)24(19)15-11-6-5-8-12-17-13-9-7-10-14-17/h7,9-10,13-14,24H,4-6,8,11-12,15-16H2,1-3H3. The Bertz CT molecular complexity index is 614. The summed E-state index contributed by atoms with van der Waals surface area (Å²) in [7, 11) is -5.74. The molecule has 7 heteroatoms. The Balaban J connectivity index is 2.21. The van der Waals surface area contributed by atoms with Crippen LogP contribution in [0, 0.1) is 0 Å². The number of hydrogen-bond donors (Lipinski definition) is 0. The summed E-state index contributed by atoms with van der Waals surface area (Å²) >= 11 is 0. The Morgan fingerprint density at radius 2 is 1.68 bits per heavy atom. The average Bonchev–Trinajstić information content (AvgIpc) is 2.57. The van der Waals surface area contributed by atoms with Crippen molar-refractivity contribution < 1.29 is 21.9 Å². The van der Waals surface area contributed by atoms with Gasteiger partial charge >= 0.3 is 0 Å². The molecule has 5 nitrogen and oxygen atoms in total. The summed E-state index contributed by atoms with van der Waals surface area (Å²) in [5.74, 6) is -0.554. The maximum absolute atomic E-state index is 12.4. The zero-order valence-electron chi connectivity index (χ0n) is 15.5. The van der Waals surface area contributed by atoms with Crippen LogP contribution in [-0.4, -0.2) is 32.5 Å². The summed E-state index contributed by atoms with van der Waals surface area (Å²) in [6, 6.07) is 10.4. The summed E-state index contributed by atoms with van der Waals surface area (Å²) in [5.41, 5.74) is 1.35. The highest BCUT2D eigenvalue weighted by molar-refractivity contribution is 7.86. The molecule has 0 aliphatic heterocycles. The number of benzene rings is 1. The normalized spacial score (nSPS) is 13.7. The van der Waals surface area contributed by atoms with Crippen molar-refractivity contribution in [1.82, 2.24) is 0 Å². The summed E-state index contributed by atoms with van der Waals surface area (Å²) < 4.78 is 45.4. The summed E-state index contributed by atoms with van der Waals surface area (Å²) in [6.45, 7) is 5.05. The summed E-state index contributed by atoms with van der Waals surface area (Å²) in [5, 5.41) is -0.932. The molecule has 1 aromatic rings. The van der Waals surface area contributed by atoms with Gasteiger partial charge in [-0.25, -0.2) is 0 Å². The second-order valence-electron chi connectivity index (χ2n) is 6.56. The first kappa shape index (κ1) is 22.4. The number of rotatable bonds is 13. The van der Waals surface area contributed by atoms with E-state index in [2.05, 4.69) is 28.4 Å². The Kier molecular flexibility index (Phi) is 9.95. The molecule has 1 atom stereocenters. The molecular weight excluding hydrogens is 359 g/mol. The third kappa shape index (κ3) is 9.55. The fourth-order valence-electron chi connectivity index (χ4n) is 2.43. The summed E-state index contributed by atoms with van der Waals surface area (Å²) in [4.78, 5) is 0. The van der Waals surface area contributed by atoms with E-state index in [0.29, 0.717) is 6.16 Å². The monoisotopic (exact) mass is 390 g/mol. The lowest BCUT2D eigenvalue weighted by Gasteiger charge is -2.24. The molecule has 0 saturated carbocycles. The number of ether oxygens (including phenoxy) is 1. The lowest BCUT2D eigenvalue weighted by atomic mass is 10.1. The second kappa shape index (κ2) is 11.1. The van der Waals surface area contributed by atoms with Crippen LogP contribution >= 0.6 is 7.80 Å². The molecule has 25 heavy (non-hydrogen) atoms. The highest BCUT2D eigenvalue weighted by Gasteiger charge is 2.28. The third-order valence-corrected chi connectivity index (χ3v) is 7.29. The predicted octanol–water partition coefficient (Wildman–Crippen LogP) is 4.43. The van der Waals surface area contributed by atoms with Crippen LogP contribution in [0.5, 0.6) is 0 Å². The summed E-state index contributed by atoms with van der Waals surface area (Å²) in [6.07, 6.45) is 5.77. The SMILES string of the molecule is CCOS(=O)(=O)COC(C)(C)[PH](=O)CCCCCCc1ccccc1. The highest BCUT2D eigenvalue weighted by Crippen LogP contribution is 2.40. The first-order valence-electron chi connectivity index (χ1n) is 8.85. The maximum atomic E-state index is 12.4. The lowest BCUT2D eigenvalue weighted by Crippen LogP contribution is -2.25. The zero-order chi connectivity index (χ0) is 18.8. The maximum Gasteiger partial charge on any atom is 0.291 e. The zero-order valence-corrected chi connectivity index (χ0v) is 17.3. The lowest BCUT2D eigenvalue weighted by molar-refractivity contribution is 0.0724. The van der Waals surface area contributed by atoms with Crippen LogP contribution < -0.4 is 0 Å². The van der Waals surface area contributed by atoms with Crippen molar-refractivity contribution in [2.24, 2.45) is 0 Å². The molecule has 0 bridgehead atoms. The smallest absolute Gasteiger partial charge is 0.291 e. The van der Waals surface area contributed by atoms with Gasteiger partial charge in [0.25, 0.3) is 10.1 Å². The quantitative estimate of drug-likeness (QED) is 0.283. The van der Waals surface area contributed by atoms with Gasteiger partial charge in [-0.1, -0.05) is 43.2 Å². The van der Waals surface area contributed by atoms with Gasteiger partial charge in [0.2, 0.25) is 0 Å². The van der Waals surface area contributed by atoms with Crippen molar-refractivity contribution in [2.75, 3.05) is 18.7 Å². The molecule has 0 N–H and O–H groups in total. The van der Waals surface area contributed by atoms with Gasteiger partial charge in [0.05, 0.1) is 6.61 Å². The van der Waals surface area contributed by atoms with E-state index in [4.69, 9.17) is 4.74 Å². The highest BCUT2D eigenvalue weighted by atomic mass is 32.2. The molecule has 0 fully saturated rings. The van der Waals surface area contributed by atoms with Gasteiger partial charge in [-0.2, -0.15) is 8.42 Å². The molecule has 0 saturated heterocycles. The minimum Gasteiger partial charge on any atom is -0.350 e. The molecule has 0 radical (unpaired) electrons. The molecule has 0 aliphatic rings. The minimum absolute atomic E-state index is 0.0737. The van der Waals surface area contributed by atoms with Gasteiger partial charge in [-0.15, -0.1) is 0 Å². The molecule has 1 rings (SSSR count). The van der Waals surface area contributed by atoms with E-state index in [0.717, 1.165) is 32.1 Å². The van der Waals surface area contributed by atoms with Crippen molar-refractivity contribution in [3.05, 3.63) is 35.9 Å². The van der Waals surface area contributed by atoms with Crippen LogP contribution in [0.3, 0.4) is 0 Å². The van der Waals surface area contributed by atoms with E-state index < -0.39 is 29.2 Å². The Morgan fingerprint density at radius 3 is 2.32 bits per heavy atom. The van der Waals surface area contributed by atoms with E-state index in [-0.39, 0.29) is 6.61 Å². The first-order chi connectivity index (χ1) is 11.8. The van der Waals surface area contributed by atoms with Crippen LogP contribution in [-0.2, 0) is 30.0 Å². The van der Waals surface area contributed by atoms with Crippen molar-refractivity contribution in [3.63, 3.8) is 0 Å². The van der Waals surface area contributed by atoms with Gasteiger partial charge < -0.3 is 9.30 Å². The molecule has 0 aromatic heterocycles. The Hall–Kier alpha value is -0.680. The molecule has 1 aromatic carbocycles. The van der Waals surface area contributed by atoms with Crippen LogP contribution in [0.1, 0.15) is 52.0 Å². The van der Waals surface area contributed by atoms with Gasteiger partial charge in [0.15, 0.2) is 5.94 Å². The fraction of sp³-hybridized carbons (Fsp3) is 0.667. The van der Waals surface area contributed by atoms with Crippen molar-refractivity contribution in [2.45, 2.75) is 58.2 Å². The molecule has 0 spiro atoms. The van der Waals surface area contributed by atoms with E-state index in [1.807, 2.05) is 6.07 Å². The van der Waals surface area contributed by atoms with Crippen LogP contribution in [0.15, 0.2) is 30.3 Å². The van der Waals surface area contributed by atoms with E-state index in [1.54, 1.807) is 20.8 Å². The van der Waals surface area contributed by atoms with Crippen molar-refractivity contribution in [1.29, 1.82) is 0 Å². The van der Waals surface area contributed by atoms with Gasteiger partial charge in [-0.05, 0) is 45.6 Å². The number of aryl methyl sites for hydroxylation is 1. The molecule has 0 amide bonds. The number of unbranched alkanes of at least 4 members (excludes halogenated alkanes) is 3. The fourth-order valence-corrected chi connectivity index (χ4v) is 4.80. The molecule has 0 aliphatic carbocycles. The average molecular weight is 390 g/mol. The first-order valence-corrected chi connectivity index (χ1v) is 12.0. The Labute approximate surface area is 153 Å². The Morgan fingerprint density at radius 1 is 1.04 bits per heavy atom. The third-order valence-electron chi connectivity index (χ3n) is 4.00. The van der Waals surface area contributed by atoms with E-state index in [9.17, 15) is 13.0 Å². The molecule has 1 unspecified atom stereocenters. The largest absolute Gasteiger partial charge is 0.350 e. The number of hydrogen-bond acceptors (Lipinski definition) is 5. The van der Waals surface area contributed by atoms with Crippen LogP contribution in [0.4, 0.5) is 0 Å². The molecular formula is C18H31O5PS. The molecule has 144 valence electrons. The topological polar surface area (TPSA) is 69.7 Å². The minimum atomic E-state index is -3.70. The van der Waals surface area contributed by atoms with E-state index in [1.165, 1.54) is 5.56 Å². The van der Waals surface area contributed by atoms with Gasteiger partial charge in [0, 0.05) is 6.16 Å². The van der Waals surface area contributed by atoms with Crippen LogP contribution in [0.25, 0.3) is 0 Å². The van der Waals surface area contributed by atoms with Gasteiger partial charge in [-0.3, -0.25) is 4.18 Å². The van der Waals surface area contributed by atoms with Crippen LogP contribution in [0.2, 0.25) is 0 Å².